The van der Waals surface area contributed by atoms with Gasteiger partial charge in [0.1, 0.15) is 0 Å². The molecule has 4 aromatic rings. The van der Waals surface area contributed by atoms with E-state index in [9.17, 15) is 0 Å². The number of halogens is 1. The average Bonchev–Trinajstić information content (AvgIpc) is 3.55. The Morgan fingerprint density at radius 2 is 1.19 bits per heavy atom. The Bertz CT molecular complexity index is 1540. The van der Waals surface area contributed by atoms with E-state index in [1.165, 1.54) is 0 Å². The second-order valence-corrected chi connectivity index (χ2v) is 8.34. The normalized spacial score (nSPS) is 12.0. The number of fused-ring (bicyclic) bond motifs is 8. The largest absolute Gasteiger partial charge is 0.355 e. The SMILES string of the molecule is Brc1c(-c2ccccc2)c2cc3nc(cc4nc(cc5ccc(cc1[nH]2)[nH]5)C=C4)C=C3.[Pt]. The average molecular weight is 660 g/mol. The van der Waals surface area contributed by atoms with Gasteiger partial charge in [0.25, 0.3) is 0 Å². The minimum atomic E-state index is 0. The first kappa shape index (κ1) is 20.9. The van der Waals surface area contributed by atoms with Crippen molar-refractivity contribution in [3.8, 4) is 11.1 Å². The van der Waals surface area contributed by atoms with Gasteiger partial charge in [0.2, 0.25) is 0 Å². The van der Waals surface area contributed by atoms with Crippen LogP contribution in [0.5, 0.6) is 0 Å². The van der Waals surface area contributed by atoms with Crippen LogP contribution in [0.1, 0.15) is 22.8 Å². The van der Waals surface area contributed by atoms with Crippen molar-refractivity contribution in [3.63, 3.8) is 0 Å². The van der Waals surface area contributed by atoms with E-state index in [1.807, 2.05) is 42.5 Å². The summed E-state index contributed by atoms with van der Waals surface area (Å²) in [6.07, 6.45) is 8.08. The fourth-order valence-electron chi connectivity index (χ4n) is 3.93. The molecule has 6 heteroatoms. The smallest absolute Gasteiger partial charge is 0.0659 e. The number of nitrogens with one attached hydrogen (secondary N) is 2. The minimum absolute atomic E-state index is 0. The quantitative estimate of drug-likeness (QED) is 0.198. The predicted octanol–water partition coefficient (Wildman–Crippen LogP) is 7.08. The summed E-state index contributed by atoms with van der Waals surface area (Å²) in [4.78, 5) is 16.5. The van der Waals surface area contributed by atoms with Crippen LogP contribution in [0.3, 0.4) is 0 Å². The summed E-state index contributed by atoms with van der Waals surface area (Å²) in [6, 6.07) is 22.8. The van der Waals surface area contributed by atoms with Crippen molar-refractivity contribution < 1.29 is 21.1 Å². The molecule has 2 N–H and O–H groups in total. The van der Waals surface area contributed by atoms with Crippen molar-refractivity contribution >= 4 is 62.3 Å². The van der Waals surface area contributed by atoms with E-state index in [0.717, 1.165) is 60.4 Å². The molecular weight excluding hydrogens is 643 g/mol. The molecule has 0 unspecified atom stereocenters. The van der Waals surface area contributed by atoms with Crippen LogP contribution in [-0.2, 0) is 21.1 Å². The summed E-state index contributed by atoms with van der Waals surface area (Å²) in [5.74, 6) is 0. The van der Waals surface area contributed by atoms with Gasteiger partial charge in [-0.3, -0.25) is 0 Å². The number of H-pyrrole nitrogens is 2. The zero-order chi connectivity index (χ0) is 20.8. The Labute approximate surface area is 207 Å². The Morgan fingerprint density at radius 3 is 1.88 bits per heavy atom. The van der Waals surface area contributed by atoms with Gasteiger partial charge in [-0.25, -0.2) is 9.97 Å². The number of nitrogens with zero attached hydrogens (tertiary/aromatic N) is 2. The molecule has 6 rings (SSSR count). The van der Waals surface area contributed by atoms with Gasteiger partial charge in [-0.1, -0.05) is 30.3 Å². The monoisotopic (exact) mass is 659 g/mol. The van der Waals surface area contributed by atoms with Gasteiger partial charge in [0.05, 0.1) is 32.8 Å². The van der Waals surface area contributed by atoms with E-state index >= 15 is 0 Å². The van der Waals surface area contributed by atoms with Gasteiger partial charge in [0.15, 0.2) is 0 Å². The van der Waals surface area contributed by atoms with Gasteiger partial charge in [-0.15, -0.1) is 0 Å². The van der Waals surface area contributed by atoms with Crippen LogP contribution < -0.4 is 0 Å². The topological polar surface area (TPSA) is 57.4 Å². The van der Waals surface area contributed by atoms with Crippen molar-refractivity contribution in [2.45, 2.75) is 0 Å². The summed E-state index contributed by atoms with van der Waals surface area (Å²) >= 11 is 3.84. The summed E-state index contributed by atoms with van der Waals surface area (Å²) in [6.45, 7) is 0. The molecule has 0 fully saturated rings. The molecule has 0 radical (unpaired) electrons. The van der Waals surface area contributed by atoms with Gasteiger partial charge in [-0.2, -0.15) is 0 Å². The van der Waals surface area contributed by atoms with Crippen molar-refractivity contribution in [3.05, 3.63) is 94.0 Å². The summed E-state index contributed by atoms with van der Waals surface area (Å²) in [5.41, 5.74) is 9.89. The molecule has 3 aromatic heterocycles. The number of hydrogen-bond donors (Lipinski definition) is 2. The van der Waals surface area contributed by atoms with Crippen molar-refractivity contribution in [2.75, 3.05) is 0 Å². The molecule has 0 aliphatic carbocycles. The Balaban J connectivity index is 0.00000216. The summed E-state index contributed by atoms with van der Waals surface area (Å²) in [5, 5.41) is 0. The predicted molar refractivity (Wildman–Crippen MR) is 132 cm³/mol. The fraction of sp³-hybridized carbons (Fsp3) is 0. The van der Waals surface area contributed by atoms with E-state index in [-0.39, 0.29) is 21.1 Å². The number of benzene rings is 1. The number of aromatic amines is 2. The number of hydrogen-bond acceptors (Lipinski definition) is 2. The Kier molecular flexibility index (Phi) is 5.54. The van der Waals surface area contributed by atoms with Crippen molar-refractivity contribution in [1.29, 1.82) is 0 Å². The van der Waals surface area contributed by atoms with Crippen LogP contribution in [0.15, 0.2) is 71.2 Å². The second-order valence-electron chi connectivity index (χ2n) is 7.54. The molecule has 158 valence electrons. The third-order valence-corrected chi connectivity index (χ3v) is 6.17. The fourth-order valence-corrected chi connectivity index (χ4v) is 4.59. The number of aromatic nitrogens is 4. The van der Waals surface area contributed by atoms with Gasteiger partial charge >= 0.3 is 0 Å². The molecule has 0 spiro atoms. The van der Waals surface area contributed by atoms with Crippen LogP contribution in [0.4, 0.5) is 0 Å². The zero-order valence-corrected chi connectivity index (χ0v) is 20.6. The molecule has 2 aliphatic rings. The van der Waals surface area contributed by atoms with Gasteiger partial charge in [-0.05, 0) is 82.2 Å². The third-order valence-electron chi connectivity index (χ3n) is 5.35. The molecule has 8 bridgehead atoms. The van der Waals surface area contributed by atoms with Crippen molar-refractivity contribution in [1.82, 2.24) is 19.9 Å². The van der Waals surface area contributed by atoms with E-state index in [0.29, 0.717) is 0 Å². The third kappa shape index (κ3) is 3.94. The summed E-state index contributed by atoms with van der Waals surface area (Å²) in [7, 11) is 0. The zero-order valence-electron chi connectivity index (χ0n) is 16.7. The summed E-state index contributed by atoms with van der Waals surface area (Å²) < 4.78 is 1.02. The van der Waals surface area contributed by atoms with Gasteiger partial charge < -0.3 is 9.97 Å². The Morgan fingerprint density at radius 1 is 0.594 bits per heavy atom. The first-order valence-electron chi connectivity index (χ1n) is 10.0. The van der Waals surface area contributed by atoms with Crippen LogP contribution in [0.25, 0.3) is 57.5 Å². The first-order valence-corrected chi connectivity index (χ1v) is 10.8. The van der Waals surface area contributed by atoms with Crippen LogP contribution in [0, 0.1) is 0 Å². The molecule has 1 aromatic carbocycles. The van der Waals surface area contributed by atoms with E-state index in [1.54, 1.807) is 0 Å². The second kappa shape index (κ2) is 8.49. The maximum Gasteiger partial charge on any atom is 0.0659 e. The maximum absolute atomic E-state index is 4.77. The van der Waals surface area contributed by atoms with E-state index in [2.05, 4.69) is 79.4 Å². The molecule has 5 heterocycles. The standard InChI is InChI=1S/C26H17BrN4.Pt/c27-26-24-15-22-11-9-20(30-22)13-18-7-6-17(28-18)12-19-8-10-21(29-19)14-23(31-24)25(26)16-4-2-1-3-5-16;/h1-15,30-31H;. The molecule has 0 saturated heterocycles. The van der Waals surface area contributed by atoms with E-state index in [4.69, 9.17) is 4.98 Å². The first-order chi connectivity index (χ1) is 15.2. The molecular formula is C26H17BrN4Pt. The van der Waals surface area contributed by atoms with E-state index < -0.39 is 0 Å². The molecule has 0 amide bonds. The Hall–Kier alpha value is -3.01. The number of rotatable bonds is 1. The van der Waals surface area contributed by atoms with Crippen LogP contribution in [0.2, 0.25) is 0 Å². The molecule has 0 saturated carbocycles. The molecule has 0 atom stereocenters. The molecule has 2 aliphatic heterocycles. The minimum Gasteiger partial charge on any atom is -0.355 e. The molecule has 32 heavy (non-hydrogen) atoms. The van der Waals surface area contributed by atoms with Crippen molar-refractivity contribution in [2.24, 2.45) is 0 Å². The maximum atomic E-state index is 4.77. The molecule has 4 nitrogen and oxygen atoms in total. The van der Waals surface area contributed by atoms with Gasteiger partial charge in [0, 0.05) is 43.2 Å². The van der Waals surface area contributed by atoms with Crippen LogP contribution in [-0.4, -0.2) is 19.9 Å². The van der Waals surface area contributed by atoms with Crippen LogP contribution >= 0.6 is 15.9 Å².